The molecule has 0 atom stereocenters. The van der Waals surface area contributed by atoms with Gasteiger partial charge >= 0.3 is 5.69 Å². The largest absolute Gasteiger partial charge is 0.508 e. The second-order valence-corrected chi connectivity index (χ2v) is 7.23. The van der Waals surface area contributed by atoms with Crippen LogP contribution in [0, 0.1) is 20.8 Å². The highest BCUT2D eigenvalue weighted by Gasteiger charge is 2.17. The van der Waals surface area contributed by atoms with Crippen molar-refractivity contribution < 1.29 is 10.2 Å². The van der Waals surface area contributed by atoms with Crippen molar-refractivity contribution >= 4 is 27.8 Å². The van der Waals surface area contributed by atoms with E-state index in [1.807, 2.05) is 13.8 Å². The summed E-state index contributed by atoms with van der Waals surface area (Å²) in [5, 5.41) is 20.2. The van der Waals surface area contributed by atoms with Crippen LogP contribution in [-0.2, 0) is 0 Å². The summed E-state index contributed by atoms with van der Waals surface area (Å²) < 4.78 is 1.91. The van der Waals surface area contributed by atoms with Gasteiger partial charge in [-0.3, -0.25) is 14.8 Å². The number of halogens is 1. The molecule has 0 saturated carbocycles. The molecule has 3 aromatic rings. The molecule has 0 bridgehead atoms. The molecule has 28 heavy (non-hydrogen) atoms. The molecule has 0 aliphatic rings. The van der Waals surface area contributed by atoms with Crippen LogP contribution in [0.1, 0.15) is 22.3 Å². The normalized spacial score (nSPS) is 11.3. The zero-order valence-corrected chi connectivity index (χ0v) is 17.0. The maximum atomic E-state index is 12.4. The second-order valence-electron chi connectivity index (χ2n) is 6.38. The molecule has 3 rings (SSSR count). The number of aryl methyl sites for hydroxylation is 1. The van der Waals surface area contributed by atoms with Gasteiger partial charge in [0.15, 0.2) is 0 Å². The smallest absolute Gasteiger partial charge is 0.335 e. The molecule has 3 N–H and O–H groups in total. The number of H-pyrrole nitrogens is 1. The fourth-order valence-electron chi connectivity index (χ4n) is 2.81. The number of hydrogen-bond acceptors (Lipinski definition) is 5. The highest BCUT2D eigenvalue weighted by Crippen LogP contribution is 2.27. The van der Waals surface area contributed by atoms with Crippen LogP contribution in [0.5, 0.6) is 11.6 Å². The van der Waals surface area contributed by atoms with E-state index in [0.29, 0.717) is 16.9 Å². The van der Waals surface area contributed by atoms with Crippen molar-refractivity contribution in [1.29, 1.82) is 0 Å². The third-order valence-corrected chi connectivity index (χ3v) is 5.43. The molecule has 0 radical (unpaired) electrons. The molecule has 1 heterocycles. The molecule has 7 nitrogen and oxygen atoms in total. The zero-order valence-electron chi connectivity index (χ0n) is 15.4. The predicted octanol–water partition coefficient (Wildman–Crippen LogP) is 3.38. The first-order valence-electron chi connectivity index (χ1n) is 8.38. The van der Waals surface area contributed by atoms with E-state index in [2.05, 4.69) is 25.9 Å². The molecular formula is C20H18BrN3O4. The van der Waals surface area contributed by atoms with Crippen LogP contribution in [0.4, 0.5) is 5.69 Å². The van der Waals surface area contributed by atoms with Gasteiger partial charge in [0.2, 0.25) is 5.88 Å². The number of nitrogens with one attached hydrogen (secondary N) is 1. The number of aromatic amines is 1. The Morgan fingerprint density at radius 1 is 1.07 bits per heavy atom. The minimum absolute atomic E-state index is 0.103. The molecule has 8 heteroatoms. The molecule has 0 aliphatic heterocycles. The number of aromatic nitrogens is 2. The minimum atomic E-state index is -0.745. The Kier molecular flexibility index (Phi) is 5.24. The summed E-state index contributed by atoms with van der Waals surface area (Å²) in [6.07, 6.45) is 1.20. The summed E-state index contributed by atoms with van der Waals surface area (Å²) in [4.78, 5) is 31.1. The Bertz CT molecular complexity index is 1230. The van der Waals surface area contributed by atoms with Crippen LogP contribution in [0.25, 0.3) is 5.69 Å². The van der Waals surface area contributed by atoms with Gasteiger partial charge in [0.05, 0.1) is 11.4 Å². The zero-order chi connectivity index (χ0) is 20.6. The van der Waals surface area contributed by atoms with E-state index in [9.17, 15) is 19.8 Å². The van der Waals surface area contributed by atoms with Crippen LogP contribution < -0.4 is 11.2 Å². The fraction of sp³-hybridized carbons (Fsp3) is 0.150. The van der Waals surface area contributed by atoms with Gasteiger partial charge in [0.25, 0.3) is 5.56 Å². The Morgan fingerprint density at radius 3 is 2.46 bits per heavy atom. The van der Waals surface area contributed by atoms with Gasteiger partial charge in [-0.15, -0.1) is 0 Å². The average molecular weight is 444 g/mol. The highest BCUT2D eigenvalue weighted by atomic mass is 79.9. The lowest BCUT2D eigenvalue weighted by Gasteiger charge is -2.14. The molecule has 0 unspecified atom stereocenters. The van der Waals surface area contributed by atoms with Gasteiger partial charge in [-0.1, -0.05) is 15.9 Å². The van der Waals surface area contributed by atoms with Crippen molar-refractivity contribution in [2.45, 2.75) is 20.8 Å². The van der Waals surface area contributed by atoms with Crippen molar-refractivity contribution in [2.24, 2.45) is 4.99 Å². The van der Waals surface area contributed by atoms with E-state index >= 15 is 0 Å². The minimum Gasteiger partial charge on any atom is -0.508 e. The summed E-state index contributed by atoms with van der Waals surface area (Å²) in [7, 11) is 0. The van der Waals surface area contributed by atoms with E-state index in [4.69, 9.17) is 0 Å². The van der Waals surface area contributed by atoms with Crippen LogP contribution in [0.3, 0.4) is 0 Å². The van der Waals surface area contributed by atoms with Gasteiger partial charge < -0.3 is 10.2 Å². The molecule has 1 aromatic heterocycles. The molecule has 0 spiro atoms. The Morgan fingerprint density at radius 2 is 1.79 bits per heavy atom. The lowest BCUT2D eigenvalue weighted by Crippen LogP contribution is -2.31. The molecule has 0 saturated heterocycles. The summed E-state index contributed by atoms with van der Waals surface area (Å²) >= 11 is 3.43. The third kappa shape index (κ3) is 3.50. The van der Waals surface area contributed by atoms with Crippen molar-refractivity contribution in [2.75, 3.05) is 0 Å². The van der Waals surface area contributed by atoms with Crippen LogP contribution >= 0.6 is 15.9 Å². The number of nitrogens with zero attached hydrogens (tertiary/aromatic N) is 2. The highest BCUT2D eigenvalue weighted by molar-refractivity contribution is 9.10. The van der Waals surface area contributed by atoms with Gasteiger partial charge in [-0.2, -0.15) is 0 Å². The SMILES string of the molecule is Cc1cc(O)ccc1N=Cc1c(O)n(-c2ccc(Br)c(C)c2C)c(=O)[nH]c1=O. The number of phenols is 1. The lowest BCUT2D eigenvalue weighted by molar-refractivity contribution is 0.430. The van der Waals surface area contributed by atoms with E-state index in [1.54, 1.807) is 25.1 Å². The Hall–Kier alpha value is -3.13. The monoisotopic (exact) mass is 443 g/mol. The fourth-order valence-corrected chi connectivity index (χ4v) is 3.24. The van der Waals surface area contributed by atoms with Crippen molar-refractivity contribution in [3.63, 3.8) is 0 Å². The number of rotatable bonds is 3. The molecule has 144 valence electrons. The summed E-state index contributed by atoms with van der Waals surface area (Å²) in [6.45, 7) is 5.46. The number of hydrogen-bond donors (Lipinski definition) is 3. The van der Waals surface area contributed by atoms with E-state index < -0.39 is 17.1 Å². The first-order valence-corrected chi connectivity index (χ1v) is 9.18. The summed E-state index contributed by atoms with van der Waals surface area (Å²) in [5.74, 6) is -0.398. The van der Waals surface area contributed by atoms with Crippen molar-refractivity contribution in [1.82, 2.24) is 9.55 Å². The van der Waals surface area contributed by atoms with Crippen LogP contribution in [0.2, 0.25) is 0 Å². The third-order valence-electron chi connectivity index (χ3n) is 4.57. The Balaban J connectivity index is 2.19. The maximum Gasteiger partial charge on any atom is 0.335 e. The van der Waals surface area contributed by atoms with Crippen LogP contribution in [-0.4, -0.2) is 26.0 Å². The predicted molar refractivity (Wildman–Crippen MR) is 112 cm³/mol. The van der Waals surface area contributed by atoms with E-state index in [-0.39, 0.29) is 11.3 Å². The van der Waals surface area contributed by atoms with E-state index in [1.165, 1.54) is 18.3 Å². The number of benzene rings is 2. The first-order chi connectivity index (χ1) is 13.2. The topological polar surface area (TPSA) is 108 Å². The van der Waals surface area contributed by atoms with Crippen LogP contribution in [0.15, 0.2) is 49.4 Å². The second kappa shape index (κ2) is 7.47. The van der Waals surface area contributed by atoms with E-state index in [0.717, 1.165) is 20.2 Å². The molecule has 0 fully saturated rings. The van der Waals surface area contributed by atoms with Gasteiger partial charge in [-0.05, 0) is 67.8 Å². The molecular weight excluding hydrogens is 426 g/mol. The van der Waals surface area contributed by atoms with Crippen molar-refractivity contribution in [3.05, 3.63) is 77.9 Å². The maximum absolute atomic E-state index is 12.4. The number of phenolic OH excluding ortho intramolecular Hbond substituents is 1. The van der Waals surface area contributed by atoms with Gasteiger partial charge in [-0.25, -0.2) is 9.36 Å². The standard InChI is InChI=1S/C20H18BrN3O4/c1-10-8-13(25)4-6-16(10)22-9-14-18(26)23-20(28)24(19(14)27)17-7-5-15(21)11(2)12(17)3/h4-9,25,27H,1-3H3,(H,23,26,28). The van der Waals surface area contributed by atoms with Crippen molar-refractivity contribution in [3.8, 4) is 17.3 Å². The molecule has 0 aliphatic carbocycles. The molecule has 0 amide bonds. The average Bonchev–Trinajstić information content (AvgIpc) is 2.62. The first kappa shape index (κ1) is 19.6. The van der Waals surface area contributed by atoms with Gasteiger partial charge in [0.1, 0.15) is 11.3 Å². The lowest BCUT2D eigenvalue weighted by atomic mass is 10.1. The number of aliphatic imine (C=N–C) groups is 1. The Labute approximate surface area is 168 Å². The number of aromatic hydroxyl groups is 2. The summed E-state index contributed by atoms with van der Waals surface area (Å²) in [6, 6.07) is 8.04. The summed E-state index contributed by atoms with van der Waals surface area (Å²) in [5.41, 5.74) is 1.71. The quantitative estimate of drug-likeness (QED) is 0.539. The van der Waals surface area contributed by atoms with Gasteiger partial charge in [0, 0.05) is 10.7 Å². The molecule has 2 aromatic carbocycles.